The number of halogens is 1. The Labute approximate surface area is 126 Å². The van der Waals surface area contributed by atoms with E-state index in [1.165, 1.54) is 56.0 Å². The van der Waals surface area contributed by atoms with Gasteiger partial charge in [0.25, 0.3) is 0 Å². The van der Waals surface area contributed by atoms with E-state index >= 15 is 0 Å². The Bertz CT molecular complexity index is 392. The lowest BCUT2D eigenvalue weighted by molar-refractivity contribution is -0.116. The summed E-state index contributed by atoms with van der Waals surface area (Å²) in [4.78, 5) is 12.6. The van der Waals surface area contributed by atoms with Gasteiger partial charge in [0.05, 0.1) is 5.75 Å². The van der Waals surface area contributed by atoms with E-state index in [1.807, 2.05) is 6.07 Å². The van der Waals surface area contributed by atoms with Crippen LogP contribution in [0.2, 0.25) is 0 Å². The lowest BCUT2D eigenvalue weighted by Crippen LogP contribution is -2.01. The maximum absolute atomic E-state index is 13.0. The van der Waals surface area contributed by atoms with E-state index in [4.69, 9.17) is 0 Å². The summed E-state index contributed by atoms with van der Waals surface area (Å²) in [6, 6.07) is 6.42. The molecule has 0 radical (unpaired) electrons. The van der Waals surface area contributed by atoms with E-state index in [-0.39, 0.29) is 11.6 Å². The molecule has 0 heterocycles. The standard InChI is InChI=1S/C17H25FOS/c1-2-3-4-5-6-7-8-11-16(19)14-20-17-12-9-10-15(18)13-17/h9-10,12-13H,2-8,11,14H2,1H3. The minimum atomic E-state index is -0.241. The fourth-order valence-corrected chi connectivity index (χ4v) is 2.91. The van der Waals surface area contributed by atoms with Crippen molar-refractivity contribution in [1.29, 1.82) is 0 Å². The number of carbonyl (C=O) groups excluding carboxylic acids is 1. The number of carbonyl (C=O) groups is 1. The zero-order valence-corrected chi connectivity index (χ0v) is 13.2. The number of Topliss-reactive ketones (excluding diaryl/α,β-unsaturated/α-hetero) is 1. The van der Waals surface area contributed by atoms with Crippen molar-refractivity contribution in [3.05, 3.63) is 30.1 Å². The lowest BCUT2D eigenvalue weighted by Gasteiger charge is -2.03. The van der Waals surface area contributed by atoms with Crippen LogP contribution >= 0.6 is 11.8 Å². The lowest BCUT2D eigenvalue weighted by atomic mass is 10.1. The van der Waals surface area contributed by atoms with Crippen LogP contribution in [0.15, 0.2) is 29.2 Å². The number of ketones is 1. The molecule has 0 aliphatic rings. The minimum Gasteiger partial charge on any atom is -0.299 e. The molecule has 1 rings (SSSR count). The van der Waals surface area contributed by atoms with Gasteiger partial charge in [-0.05, 0) is 24.6 Å². The monoisotopic (exact) mass is 296 g/mol. The third-order valence-electron chi connectivity index (χ3n) is 3.26. The molecule has 3 heteroatoms. The first-order valence-electron chi connectivity index (χ1n) is 7.62. The Kier molecular flexibility index (Phi) is 9.38. The van der Waals surface area contributed by atoms with Crippen LogP contribution in [0.4, 0.5) is 4.39 Å². The molecule has 0 aliphatic carbocycles. The molecular weight excluding hydrogens is 271 g/mol. The van der Waals surface area contributed by atoms with Crippen molar-refractivity contribution in [2.75, 3.05) is 5.75 Å². The maximum atomic E-state index is 13.0. The SMILES string of the molecule is CCCCCCCCCC(=O)CSc1cccc(F)c1. The second-order valence-electron chi connectivity index (χ2n) is 5.16. The van der Waals surface area contributed by atoms with Crippen molar-refractivity contribution >= 4 is 17.5 Å². The van der Waals surface area contributed by atoms with E-state index < -0.39 is 0 Å². The highest BCUT2D eigenvalue weighted by Gasteiger charge is 2.04. The smallest absolute Gasteiger partial charge is 0.143 e. The molecule has 0 saturated heterocycles. The van der Waals surface area contributed by atoms with Crippen LogP contribution in [0.3, 0.4) is 0 Å². The van der Waals surface area contributed by atoms with E-state index in [0.29, 0.717) is 12.2 Å². The summed E-state index contributed by atoms with van der Waals surface area (Å²) < 4.78 is 13.0. The summed E-state index contributed by atoms with van der Waals surface area (Å²) in [7, 11) is 0. The van der Waals surface area contributed by atoms with Gasteiger partial charge in [0, 0.05) is 11.3 Å². The van der Waals surface area contributed by atoms with Gasteiger partial charge in [0.2, 0.25) is 0 Å². The molecule has 0 fully saturated rings. The average Bonchev–Trinajstić information content (AvgIpc) is 2.44. The molecule has 0 N–H and O–H groups in total. The molecule has 0 saturated carbocycles. The molecule has 1 aromatic carbocycles. The molecule has 20 heavy (non-hydrogen) atoms. The van der Waals surface area contributed by atoms with Crippen molar-refractivity contribution < 1.29 is 9.18 Å². The molecule has 1 aromatic rings. The zero-order valence-electron chi connectivity index (χ0n) is 12.4. The fourth-order valence-electron chi connectivity index (χ4n) is 2.07. The van der Waals surface area contributed by atoms with Crippen LogP contribution in [0.1, 0.15) is 58.3 Å². The first kappa shape index (κ1) is 17.2. The normalized spacial score (nSPS) is 10.7. The Morgan fingerprint density at radius 3 is 2.50 bits per heavy atom. The van der Waals surface area contributed by atoms with E-state index in [2.05, 4.69) is 6.92 Å². The number of thioether (sulfide) groups is 1. The number of hydrogen-bond acceptors (Lipinski definition) is 2. The molecule has 0 aromatic heterocycles. The van der Waals surface area contributed by atoms with Crippen LogP contribution in [0, 0.1) is 5.82 Å². The van der Waals surface area contributed by atoms with Crippen LogP contribution in [0.5, 0.6) is 0 Å². The largest absolute Gasteiger partial charge is 0.299 e. The Morgan fingerprint density at radius 2 is 1.80 bits per heavy atom. The van der Waals surface area contributed by atoms with E-state index in [0.717, 1.165) is 17.7 Å². The second-order valence-corrected chi connectivity index (χ2v) is 6.20. The Balaban J connectivity index is 2.03. The van der Waals surface area contributed by atoms with Crippen LogP contribution < -0.4 is 0 Å². The topological polar surface area (TPSA) is 17.1 Å². The summed E-state index contributed by atoms with van der Waals surface area (Å²) in [5, 5.41) is 0. The number of hydrogen-bond donors (Lipinski definition) is 0. The van der Waals surface area contributed by atoms with Crippen LogP contribution in [-0.4, -0.2) is 11.5 Å². The summed E-state index contributed by atoms with van der Waals surface area (Å²) in [5.74, 6) is 0.488. The summed E-state index contributed by atoms with van der Waals surface area (Å²) in [6.07, 6.45) is 9.26. The van der Waals surface area contributed by atoms with Crippen LogP contribution in [0.25, 0.3) is 0 Å². The molecular formula is C17H25FOS. The fraction of sp³-hybridized carbons (Fsp3) is 0.588. The molecule has 0 spiro atoms. The van der Waals surface area contributed by atoms with Gasteiger partial charge in [-0.1, -0.05) is 51.5 Å². The summed E-state index contributed by atoms with van der Waals surface area (Å²) in [5.41, 5.74) is 0. The minimum absolute atomic E-state index is 0.241. The number of rotatable bonds is 11. The first-order chi connectivity index (χ1) is 9.72. The van der Waals surface area contributed by atoms with Gasteiger partial charge < -0.3 is 0 Å². The van der Waals surface area contributed by atoms with Gasteiger partial charge in [-0.25, -0.2) is 4.39 Å². The van der Waals surface area contributed by atoms with Crippen molar-refractivity contribution in [2.45, 2.75) is 63.2 Å². The van der Waals surface area contributed by atoms with Crippen molar-refractivity contribution in [3.63, 3.8) is 0 Å². The van der Waals surface area contributed by atoms with Gasteiger partial charge in [-0.2, -0.15) is 0 Å². The van der Waals surface area contributed by atoms with E-state index in [9.17, 15) is 9.18 Å². The number of unbranched alkanes of at least 4 members (excludes halogenated alkanes) is 6. The molecule has 0 amide bonds. The first-order valence-corrected chi connectivity index (χ1v) is 8.61. The van der Waals surface area contributed by atoms with Crippen molar-refractivity contribution in [2.24, 2.45) is 0 Å². The Hall–Kier alpha value is -0.830. The third-order valence-corrected chi connectivity index (χ3v) is 4.31. The van der Waals surface area contributed by atoms with Crippen molar-refractivity contribution in [1.82, 2.24) is 0 Å². The quantitative estimate of drug-likeness (QED) is 0.389. The van der Waals surface area contributed by atoms with Gasteiger partial charge in [0.1, 0.15) is 11.6 Å². The highest BCUT2D eigenvalue weighted by molar-refractivity contribution is 8.00. The Morgan fingerprint density at radius 1 is 1.10 bits per heavy atom. The second kappa shape index (κ2) is 10.9. The third kappa shape index (κ3) is 8.36. The molecule has 112 valence electrons. The van der Waals surface area contributed by atoms with Gasteiger partial charge in [-0.15, -0.1) is 11.8 Å². The maximum Gasteiger partial charge on any atom is 0.143 e. The highest BCUT2D eigenvalue weighted by Crippen LogP contribution is 2.19. The summed E-state index contributed by atoms with van der Waals surface area (Å²) >= 11 is 1.43. The number of benzene rings is 1. The van der Waals surface area contributed by atoms with Gasteiger partial charge in [-0.3, -0.25) is 4.79 Å². The molecule has 1 nitrogen and oxygen atoms in total. The van der Waals surface area contributed by atoms with Crippen LogP contribution in [-0.2, 0) is 4.79 Å². The highest BCUT2D eigenvalue weighted by atomic mass is 32.2. The summed E-state index contributed by atoms with van der Waals surface area (Å²) in [6.45, 7) is 2.22. The molecule has 0 aliphatic heterocycles. The zero-order chi connectivity index (χ0) is 14.6. The average molecular weight is 296 g/mol. The van der Waals surface area contributed by atoms with Gasteiger partial charge >= 0.3 is 0 Å². The van der Waals surface area contributed by atoms with Crippen molar-refractivity contribution in [3.8, 4) is 0 Å². The molecule has 0 bridgehead atoms. The molecule has 0 unspecified atom stereocenters. The predicted octanol–water partition coefficient (Wildman–Crippen LogP) is 5.63. The van der Waals surface area contributed by atoms with E-state index in [1.54, 1.807) is 6.07 Å². The predicted molar refractivity (Wildman–Crippen MR) is 84.7 cm³/mol. The van der Waals surface area contributed by atoms with Gasteiger partial charge in [0.15, 0.2) is 0 Å². The molecule has 0 atom stereocenters.